The molecule has 0 saturated carbocycles. The molecule has 0 spiro atoms. The highest BCUT2D eigenvalue weighted by Crippen LogP contribution is 2.37. The summed E-state index contributed by atoms with van der Waals surface area (Å²) in [6.07, 6.45) is 3.37. The quantitative estimate of drug-likeness (QED) is 0.899. The van der Waals surface area contributed by atoms with Crippen LogP contribution in [-0.2, 0) is 0 Å². The van der Waals surface area contributed by atoms with E-state index < -0.39 is 0 Å². The fraction of sp³-hybridized carbons (Fsp3) is 0.667. The van der Waals surface area contributed by atoms with Gasteiger partial charge in [-0.25, -0.2) is 4.98 Å². The highest BCUT2D eigenvalue weighted by molar-refractivity contribution is 7.13. The number of hydrogen-bond donors (Lipinski definition) is 1. The molecular formula is C12H19N3OS. The zero-order valence-corrected chi connectivity index (χ0v) is 11.2. The molecule has 17 heavy (non-hydrogen) atoms. The minimum atomic E-state index is 0.0294. The van der Waals surface area contributed by atoms with Crippen LogP contribution in [0.4, 0.5) is 5.13 Å². The minimum Gasteiger partial charge on any atom is -0.375 e. The third-order valence-corrected chi connectivity index (χ3v) is 4.64. The molecule has 94 valence electrons. The first kappa shape index (κ1) is 12.4. The second-order valence-electron chi connectivity index (χ2n) is 4.75. The summed E-state index contributed by atoms with van der Waals surface area (Å²) in [5, 5.41) is 2.21. The summed E-state index contributed by atoms with van der Waals surface area (Å²) < 4.78 is 0. The normalized spacial score (nSPS) is 18.6. The Bertz CT molecular complexity index is 412. The summed E-state index contributed by atoms with van der Waals surface area (Å²) in [5.74, 6) is 0.0294. The zero-order chi connectivity index (χ0) is 12.5. The number of nitrogens with two attached hydrogens (primary N) is 1. The SMILES string of the molecule is CCC1(CC)CCN(C(=O)c2csc(N)n2)C1. The van der Waals surface area contributed by atoms with Gasteiger partial charge in [-0.3, -0.25) is 4.79 Å². The maximum Gasteiger partial charge on any atom is 0.273 e. The Labute approximate surface area is 106 Å². The van der Waals surface area contributed by atoms with Gasteiger partial charge in [0.1, 0.15) is 5.69 Å². The number of hydrogen-bond acceptors (Lipinski definition) is 4. The first-order chi connectivity index (χ1) is 8.10. The Morgan fingerprint density at radius 2 is 2.29 bits per heavy atom. The van der Waals surface area contributed by atoms with Crippen LogP contribution in [0.5, 0.6) is 0 Å². The summed E-state index contributed by atoms with van der Waals surface area (Å²) in [7, 11) is 0. The van der Waals surface area contributed by atoms with Crippen molar-refractivity contribution < 1.29 is 4.79 Å². The number of carbonyl (C=O) groups excluding carboxylic acids is 1. The van der Waals surface area contributed by atoms with Gasteiger partial charge in [0.2, 0.25) is 0 Å². The maximum atomic E-state index is 12.2. The van der Waals surface area contributed by atoms with Crippen LogP contribution in [0, 0.1) is 5.41 Å². The summed E-state index contributed by atoms with van der Waals surface area (Å²) in [6.45, 7) is 6.12. The molecule has 0 aliphatic carbocycles. The molecular weight excluding hydrogens is 234 g/mol. The average molecular weight is 253 g/mol. The van der Waals surface area contributed by atoms with Gasteiger partial charge in [-0.05, 0) is 24.7 Å². The molecule has 1 saturated heterocycles. The predicted molar refractivity (Wildman–Crippen MR) is 70.1 cm³/mol. The molecule has 2 N–H and O–H groups in total. The maximum absolute atomic E-state index is 12.2. The van der Waals surface area contributed by atoms with Crippen LogP contribution in [0.1, 0.15) is 43.6 Å². The molecule has 0 aromatic carbocycles. The zero-order valence-electron chi connectivity index (χ0n) is 10.4. The smallest absolute Gasteiger partial charge is 0.273 e. The second-order valence-corrected chi connectivity index (χ2v) is 5.64. The molecule has 1 aromatic rings. The van der Waals surface area contributed by atoms with Gasteiger partial charge in [-0.1, -0.05) is 13.8 Å². The second kappa shape index (κ2) is 4.64. The molecule has 0 unspecified atom stereocenters. The molecule has 2 rings (SSSR count). The Hall–Kier alpha value is -1.10. The van der Waals surface area contributed by atoms with E-state index in [0.29, 0.717) is 16.2 Å². The number of carbonyl (C=O) groups is 1. The topological polar surface area (TPSA) is 59.2 Å². The molecule has 1 aliphatic heterocycles. The lowest BCUT2D eigenvalue weighted by Crippen LogP contribution is -2.32. The van der Waals surface area contributed by atoms with E-state index in [1.54, 1.807) is 5.38 Å². The van der Waals surface area contributed by atoms with Crippen LogP contribution in [0.2, 0.25) is 0 Å². The van der Waals surface area contributed by atoms with E-state index in [1.807, 2.05) is 4.90 Å². The van der Waals surface area contributed by atoms with Crippen molar-refractivity contribution in [1.29, 1.82) is 0 Å². The van der Waals surface area contributed by atoms with Crippen molar-refractivity contribution in [2.24, 2.45) is 5.41 Å². The highest BCUT2D eigenvalue weighted by atomic mass is 32.1. The fourth-order valence-corrected chi connectivity index (χ4v) is 3.02. The monoisotopic (exact) mass is 253 g/mol. The number of likely N-dealkylation sites (tertiary alicyclic amines) is 1. The molecule has 4 nitrogen and oxygen atoms in total. The van der Waals surface area contributed by atoms with E-state index in [9.17, 15) is 4.79 Å². The van der Waals surface area contributed by atoms with Crippen LogP contribution < -0.4 is 5.73 Å². The molecule has 1 aliphatic rings. The van der Waals surface area contributed by atoms with Crippen LogP contribution in [0.15, 0.2) is 5.38 Å². The first-order valence-electron chi connectivity index (χ1n) is 6.10. The Balaban J connectivity index is 2.08. The van der Waals surface area contributed by atoms with Gasteiger partial charge in [0.25, 0.3) is 5.91 Å². The molecule has 1 aromatic heterocycles. The predicted octanol–water partition coefficient (Wildman–Crippen LogP) is 2.38. The van der Waals surface area contributed by atoms with Gasteiger partial charge in [0.15, 0.2) is 5.13 Å². The lowest BCUT2D eigenvalue weighted by molar-refractivity contribution is 0.0765. The minimum absolute atomic E-state index is 0.0294. The van der Waals surface area contributed by atoms with Crippen molar-refractivity contribution in [3.8, 4) is 0 Å². The van der Waals surface area contributed by atoms with Gasteiger partial charge < -0.3 is 10.6 Å². The van der Waals surface area contributed by atoms with E-state index >= 15 is 0 Å². The molecule has 5 heteroatoms. The number of anilines is 1. The van der Waals surface area contributed by atoms with Crippen LogP contribution in [0.25, 0.3) is 0 Å². The number of thiazole rings is 1. The van der Waals surface area contributed by atoms with Gasteiger partial charge in [0, 0.05) is 18.5 Å². The number of nitrogens with zero attached hydrogens (tertiary/aromatic N) is 2. The Kier molecular flexibility index (Phi) is 3.38. The van der Waals surface area contributed by atoms with E-state index in [4.69, 9.17) is 5.73 Å². The highest BCUT2D eigenvalue weighted by Gasteiger charge is 2.37. The van der Waals surface area contributed by atoms with Crippen LogP contribution >= 0.6 is 11.3 Å². The van der Waals surface area contributed by atoms with Crippen LogP contribution in [-0.4, -0.2) is 28.9 Å². The van der Waals surface area contributed by atoms with Crippen molar-refractivity contribution in [2.75, 3.05) is 18.8 Å². The summed E-state index contributed by atoms with van der Waals surface area (Å²) >= 11 is 1.32. The largest absolute Gasteiger partial charge is 0.375 e. The van der Waals surface area contributed by atoms with Crippen molar-refractivity contribution in [2.45, 2.75) is 33.1 Å². The molecule has 1 fully saturated rings. The van der Waals surface area contributed by atoms with E-state index in [-0.39, 0.29) is 5.91 Å². The van der Waals surface area contributed by atoms with Gasteiger partial charge in [-0.2, -0.15) is 0 Å². The van der Waals surface area contributed by atoms with Gasteiger partial charge in [-0.15, -0.1) is 11.3 Å². The van der Waals surface area contributed by atoms with E-state index in [2.05, 4.69) is 18.8 Å². The standard InChI is InChI=1S/C12H19N3OS/c1-3-12(4-2)5-6-15(8-12)10(16)9-7-17-11(13)14-9/h7H,3-6,8H2,1-2H3,(H2,13,14). The van der Waals surface area contributed by atoms with Crippen molar-refractivity contribution in [3.63, 3.8) is 0 Å². The fourth-order valence-electron chi connectivity index (χ4n) is 2.48. The van der Waals surface area contributed by atoms with E-state index in [1.165, 1.54) is 11.3 Å². The molecule has 1 amide bonds. The number of amides is 1. The third kappa shape index (κ3) is 2.29. The lowest BCUT2D eigenvalue weighted by Gasteiger charge is -2.26. The lowest BCUT2D eigenvalue weighted by atomic mass is 9.82. The van der Waals surface area contributed by atoms with Gasteiger partial charge >= 0.3 is 0 Å². The van der Waals surface area contributed by atoms with Crippen LogP contribution in [0.3, 0.4) is 0 Å². The van der Waals surface area contributed by atoms with E-state index in [0.717, 1.165) is 32.4 Å². The van der Waals surface area contributed by atoms with Gasteiger partial charge in [0.05, 0.1) is 0 Å². The Morgan fingerprint density at radius 1 is 1.59 bits per heavy atom. The third-order valence-electron chi connectivity index (χ3n) is 3.97. The van der Waals surface area contributed by atoms with Crippen molar-refractivity contribution in [3.05, 3.63) is 11.1 Å². The molecule has 0 atom stereocenters. The number of aromatic nitrogens is 1. The molecule has 0 bridgehead atoms. The number of nitrogen functional groups attached to an aromatic ring is 1. The molecule has 2 heterocycles. The number of rotatable bonds is 3. The van der Waals surface area contributed by atoms with Crippen molar-refractivity contribution in [1.82, 2.24) is 9.88 Å². The average Bonchev–Trinajstić information content (AvgIpc) is 2.95. The Morgan fingerprint density at radius 3 is 2.76 bits per heavy atom. The molecule has 0 radical (unpaired) electrons. The first-order valence-corrected chi connectivity index (χ1v) is 6.98. The van der Waals surface area contributed by atoms with Crippen molar-refractivity contribution >= 4 is 22.4 Å². The summed E-state index contributed by atoms with van der Waals surface area (Å²) in [5.41, 5.74) is 6.37. The summed E-state index contributed by atoms with van der Waals surface area (Å²) in [4.78, 5) is 18.2. The summed E-state index contributed by atoms with van der Waals surface area (Å²) in [6, 6.07) is 0.